The van der Waals surface area contributed by atoms with E-state index in [4.69, 9.17) is 0 Å². The number of fused-ring (bicyclic) bond motifs is 1. The highest BCUT2D eigenvalue weighted by atomic mass is 79.9. The minimum atomic E-state index is 0.300. The molecule has 0 aromatic heterocycles. The second kappa shape index (κ2) is 9.39. The van der Waals surface area contributed by atoms with Gasteiger partial charge < -0.3 is 4.90 Å². The van der Waals surface area contributed by atoms with Crippen LogP contribution >= 0.6 is 15.9 Å². The summed E-state index contributed by atoms with van der Waals surface area (Å²) < 4.78 is 0. The normalized spacial score (nSPS) is 21.7. The summed E-state index contributed by atoms with van der Waals surface area (Å²) in [6.45, 7) is 4.43. The van der Waals surface area contributed by atoms with E-state index in [1.54, 1.807) is 0 Å². The van der Waals surface area contributed by atoms with Gasteiger partial charge in [-0.05, 0) is 55.7 Å². The molecule has 1 aliphatic heterocycles. The first-order valence-electron chi connectivity index (χ1n) is 10.7. The molecule has 0 spiro atoms. The molecule has 0 radical (unpaired) electrons. The van der Waals surface area contributed by atoms with E-state index in [1.165, 1.54) is 56.1 Å². The summed E-state index contributed by atoms with van der Waals surface area (Å²) in [6.07, 6.45) is 13.0. The fraction of sp³-hybridized carbons (Fsp3) is 0.696. The van der Waals surface area contributed by atoms with Crippen molar-refractivity contribution in [2.45, 2.75) is 95.3 Å². The number of halogens is 1. The smallest absolute Gasteiger partial charge is 0.227 e. The summed E-state index contributed by atoms with van der Waals surface area (Å²) in [5.41, 5.74) is 3.91. The van der Waals surface area contributed by atoms with Crippen molar-refractivity contribution in [1.82, 2.24) is 0 Å². The van der Waals surface area contributed by atoms with Crippen molar-refractivity contribution in [3.8, 4) is 0 Å². The SMILES string of the molecule is CCCC(Br)Cc1ccc2c(c1)CC(C)N2C(=O)CCC1CCCCC1. The minimum Gasteiger partial charge on any atom is -0.309 e. The number of anilines is 1. The van der Waals surface area contributed by atoms with E-state index in [0.29, 0.717) is 16.8 Å². The Kier molecular flexibility index (Phi) is 7.19. The van der Waals surface area contributed by atoms with Crippen LogP contribution in [0.1, 0.15) is 82.8 Å². The number of rotatable bonds is 7. The van der Waals surface area contributed by atoms with E-state index in [2.05, 4.69) is 52.9 Å². The molecule has 1 amide bonds. The van der Waals surface area contributed by atoms with Crippen molar-refractivity contribution in [3.05, 3.63) is 29.3 Å². The summed E-state index contributed by atoms with van der Waals surface area (Å²) in [5, 5.41) is 0. The average Bonchev–Trinajstić information content (AvgIpc) is 2.96. The number of alkyl halides is 1. The molecule has 1 aromatic carbocycles. The van der Waals surface area contributed by atoms with Gasteiger partial charge in [0.2, 0.25) is 5.91 Å². The van der Waals surface area contributed by atoms with Gasteiger partial charge in [0.05, 0.1) is 0 Å². The molecule has 3 heteroatoms. The van der Waals surface area contributed by atoms with Gasteiger partial charge in [0, 0.05) is 23.0 Å². The number of carbonyl (C=O) groups is 1. The van der Waals surface area contributed by atoms with Crippen molar-refractivity contribution in [2.24, 2.45) is 5.92 Å². The molecule has 1 fully saturated rings. The van der Waals surface area contributed by atoms with Gasteiger partial charge >= 0.3 is 0 Å². The highest BCUT2D eigenvalue weighted by Crippen LogP contribution is 2.35. The predicted octanol–water partition coefficient (Wildman–Crippen LogP) is 6.43. The number of nitrogens with zero attached hydrogens (tertiary/aromatic N) is 1. The van der Waals surface area contributed by atoms with Crippen LogP contribution in [0.15, 0.2) is 18.2 Å². The van der Waals surface area contributed by atoms with E-state index < -0.39 is 0 Å². The van der Waals surface area contributed by atoms with Crippen LogP contribution < -0.4 is 4.90 Å². The lowest BCUT2D eigenvalue weighted by molar-refractivity contribution is -0.119. The first-order chi connectivity index (χ1) is 12.6. The average molecular weight is 420 g/mol. The lowest BCUT2D eigenvalue weighted by Gasteiger charge is -2.25. The Morgan fingerprint density at radius 1 is 1.27 bits per heavy atom. The highest BCUT2D eigenvalue weighted by Gasteiger charge is 2.31. The zero-order valence-corrected chi connectivity index (χ0v) is 18.1. The molecule has 2 atom stereocenters. The third-order valence-corrected chi connectivity index (χ3v) is 6.96. The number of amides is 1. The molecule has 0 N–H and O–H groups in total. The second-order valence-corrected chi connectivity index (χ2v) is 9.71. The largest absolute Gasteiger partial charge is 0.309 e. The molecule has 1 saturated carbocycles. The molecule has 2 aliphatic rings. The molecule has 2 nitrogen and oxygen atoms in total. The number of carbonyl (C=O) groups excluding carboxylic acids is 1. The van der Waals surface area contributed by atoms with Crippen molar-refractivity contribution in [2.75, 3.05) is 4.90 Å². The number of benzene rings is 1. The summed E-state index contributed by atoms with van der Waals surface area (Å²) in [6, 6.07) is 7.06. The maximum Gasteiger partial charge on any atom is 0.227 e. The van der Waals surface area contributed by atoms with Crippen LogP contribution in [0.5, 0.6) is 0 Å². The highest BCUT2D eigenvalue weighted by molar-refractivity contribution is 9.09. The summed E-state index contributed by atoms with van der Waals surface area (Å²) in [5.74, 6) is 1.11. The fourth-order valence-corrected chi connectivity index (χ4v) is 5.62. The van der Waals surface area contributed by atoms with Gasteiger partial charge in [-0.25, -0.2) is 0 Å². The first kappa shape index (κ1) is 19.9. The summed E-state index contributed by atoms with van der Waals surface area (Å²) in [7, 11) is 0. The Morgan fingerprint density at radius 2 is 2.04 bits per heavy atom. The summed E-state index contributed by atoms with van der Waals surface area (Å²) >= 11 is 3.80. The standard InChI is InChI=1S/C23H34BrNO/c1-3-7-21(24)16-19-10-12-22-20(15-19)14-17(2)25(22)23(26)13-11-18-8-5-4-6-9-18/h10,12,15,17-18,21H,3-9,11,13-14,16H2,1-2H3. The fourth-order valence-electron chi connectivity index (χ4n) is 4.79. The van der Waals surface area contributed by atoms with Crippen LogP contribution in [0.2, 0.25) is 0 Å². The molecule has 1 aromatic rings. The van der Waals surface area contributed by atoms with Crippen molar-refractivity contribution < 1.29 is 4.79 Å². The van der Waals surface area contributed by atoms with Crippen LogP contribution in [-0.4, -0.2) is 16.8 Å². The Balaban J connectivity index is 1.62. The molecule has 2 unspecified atom stereocenters. The monoisotopic (exact) mass is 419 g/mol. The van der Waals surface area contributed by atoms with Gasteiger partial charge in [-0.3, -0.25) is 4.79 Å². The molecule has 26 heavy (non-hydrogen) atoms. The summed E-state index contributed by atoms with van der Waals surface area (Å²) in [4.78, 5) is 15.6. The Morgan fingerprint density at radius 3 is 2.77 bits per heavy atom. The van der Waals surface area contributed by atoms with Crippen LogP contribution in [0, 0.1) is 5.92 Å². The van der Waals surface area contributed by atoms with Crippen LogP contribution in [0.4, 0.5) is 5.69 Å². The molecule has 0 saturated heterocycles. The third kappa shape index (κ3) is 4.91. The van der Waals surface area contributed by atoms with Gasteiger partial charge in [0.15, 0.2) is 0 Å². The number of hydrogen-bond acceptors (Lipinski definition) is 1. The van der Waals surface area contributed by atoms with Crippen LogP contribution in [0.25, 0.3) is 0 Å². The van der Waals surface area contributed by atoms with Gasteiger partial charge in [0.25, 0.3) is 0 Å². The zero-order valence-electron chi connectivity index (χ0n) is 16.5. The minimum absolute atomic E-state index is 0.300. The molecule has 1 aliphatic carbocycles. The lowest BCUT2D eigenvalue weighted by Crippen LogP contribution is -2.35. The zero-order chi connectivity index (χ0) is 18.5. The maximum atomic E-state index is 12.9. The Labute approximate surface area is 167 Å². The van der Waals surface area contributed by atoms with E-state index >= 15 is 0 Å². The molecule has 3 rings (SSSR count). The quantitative estimate of drug-likeness (QED) is 0.466. The maximum absolute atomic E-state index is 12.9. The molecular formula is C23H34BrNO. The molecular weight excluding hydrogens is 386 g/mol. The Bertz CT molecular complexity index is 608. The van der Waals surface area contributed by atoms with E-state index in [1.807, 2.05) is 0 Å². The molecule has 144 valence electrons. The number of hydrogen-bond donors (Lipinski definition) is 0. The molecule has 1 heterocycles. The molecule has 0 bridgehead atoms. The topological polar surface area (TPSA) is 20.3 Å². The van der Waals surface area contributed by atoms with Crippen molar-refractivity contribution in [1.29, 1.82) is 0 Å². The van der Waals surface area contributed by atoms with Crippen LogP contribution in [0.3, 0.4) is 0 Å². The third-order valence-electron chi connectivity index (χ3n) is 6.18. The predicted molar refractivity (Wildman–Crippen MR) is 114 cm³/mol. The van der Waals surface area contributed by atoms with E-state index in [-0.39, 0.29) is 0 Å². The van der Waals surface area contributed by atoms with Gasteiger partial charge in [-0.15, -0.1) is 0 Å². The Hall–Kier alpha value is -0.830. The van der Waals surface area contributed by atoms with Gasteiger partial charge in [-0.1, -0.05) is 73.5 Å². The van der Waals surface area contributed by atoms with E-state index in [9.17, 15) is 4.79 Å². The first-order valence-corrected chi connectivity index (χ1v) is 11.6. The van der Waals surface area contributed by atoms with Crippen molar-refractivity contribution in [3.63, 3.8) is 0 Å². The van der Waals surface area contributed by atoms with Crippen molar-refractivity contribution >= 4 is 27.5 Å². The van der Waals surface area contributed by atoms with Gasteiger partial charge in [0.1, 0.15) is 0 Å². The van der Waals surface area contributed by atoms with E-state index in [0.717, 1.165) is 37.3 Å². The second-order valence-electron chi connectivity index (χ2n) is 8.41. The van der Waals surface area contributed by atoms with Crippen LogP contribution in [-0.2, 0) is 17.6 Å². The lowest BCUT2D eigenvalue weighted by atomic mass is 9.86. The van der Waals surface area contributed by atoms with Gasteiger partial charge in [-0.2, -0.15) is 0 Å².